The molecule has 27 heavy (non-hydrogen) atoms. The fourth-order valence-corrected chi connectivity index (χ4v) is 4.02. The van der Waals surface area contributed by atoms with Crippen LogP contribution in [0.4, 0.5) is 9.59 Å². The average Bonchev–Trinajstić information content (AvgIpc) is 2.66. The van der Waals surface area contributed by atoms with E-state index in [9.17, 15) is 9.59 Å². The number of nitrogens with zero attached hydrogens (tertiary/aromatic N) is 2. The first-order valence-corrected chi connectivity index (χ1v) is 8.70. The fourth-order valence-electron chi connectivity index (χ4n) is 4.02. The molecule has 2 aliphatic heterocycles. The summed E-state index contributed by atoms with van der Waals surface area (Å²) in [4.78, 5) is 27.9. The Bertz CT molecular complexity index is 730. The highest BCUT2D eigenvalue weighted by Crippen LogP contribution is 2.45. The van der Waals surface area contributed by atoms with Crippen molar-refractivity contribution in [2.75, 3.05) is 35.4 Å². The Morgan fingerprint density at radius 2 is 1.44 bits per heavy atom. The van der Waals surface area contributed by atoms with Gasteiger partial charge in [0.05, 0.1) is 27.4 Å². The van der Waals surface area contributed by atoms with E-state index in [1.54, 1.807) is 40.3 Å². The third-order valence-electron chi connectivity index (χ3n) is 5.43. The molecule has 9 heteroatoms. The third kappa shape index (κ3) is 2.96. The van der Waals surface area contributed by atoms with Crippen LogP contribution in [0.25, 0.3) is 0 Å². The SMILES string of the molecule is COc1cc([C@@H]2[C@@H]3[C@@H](C)NC(=O)N(C)[C@H]3NC(=O)N2C)cc(OC)c1OC. The lowest BCUT2D eigenvalue weighted by Crippen LogP contribution is -2.71. The predicted molar refractivity (Wildman–Crippen MR) is 98.2 cm³/mol. The molecule has 0 saturated carbocycles. The first-order valence-electron chi connectivity index (χ1n) is 8.70. The van der Waals surface area contributed by atoms with Crippen molar-refractivity contribution in [2.45, 2.75) is 25.2 Å². The molecule has 2 heterocycles. The summed E-state index contributed by atoms with van der Waals surface area (Å²) in [6.07, 6.45) is -0.415. The quantitative estimate of drug-likeness (QED) is 0.826. The maximum atomic E-state index is 12.6. The van der Waals surface area contributed by atoms with Gasteiger partial charge in [-0.05, 0) is 24.6 Å². The molecule has 3 rings (SSSR count). The van der Waals surface area contributed by atoms with Crippen molar-refractivity contribution in [1.82, 2.24) is 20.4 Å². The molecule has 2 saturated heterocycles. The molecule has 0 aliphatic carbocycles. The molecule has 4 atom stereocenters. The van der Waals surface area contributed by atoms with Crippen LogP contribution in [-0.4, -0.2) is 69.5 Å². The van der Waals surface area contributed by atoms with Crippen molar-refractivity contribution in [2.24, 2.45) is 5.92 Å². The Hall–Kier alpha value is -2.84. The highest BCUT2D eigenvalue weighted by molar-refractivity contribution is 5.80. The third-order valence-corrected chi connectivity index (χ3v) is 5.43. The van der Waals surface area contributed by atoms with Crippen molar-refractivity contribution < 1.29 is 23.8 Å². The largest absolute Gasteiger partial charge is 0.493 e. The highest BCUT2D eigenvalue weighted by atomic mass is 16.5. The zero-order valence-electron chi connectivity index (χ0n) is 16.4. The number of benzene rings is 1. The van der Waals surface area contributed by atoms with E-state index in [1.807, 2.05) is 19.1 Å². The molecule has 2 fully saturated rings. The molecular weight excluding hydrogens is 352 g/mol. The topological polar surface area (TPSA) is 92.4 Å². The van der Waals surface area contributed by atoms with Gasteiger partial charge < -0.3 is 34.6 Å². The van der Waals surface area contributed by atoms with Crippen LogP contribution in [-0.2, 0) is 0 Å². The second-order valence-corrected chi connectivity index (χ2v) is 6.84. The van der Waals surface area contributed by atoms with Gasteiger partial charge in [-0.1, -0.05) is 0 Å². The van der Waals surface area contributed by atoms with E-state index in [-0.39, 0.29) is 30.1 Å². The molecular formula is C18H26N4O5. The zero-order valence-corrected chi connectivity index (χ0v) is 16.4. The van der Waals surface area contributed by atoms with Gasteiger partial charge in [-0.15, -0.1) is 0 Å². The summed E-state index contributed by atoms with van der Waals surface area (Å²) in [5.74, 6) is 1.44. The van der Waals surface area contributed by atoms with Gasteiger partial charge in [0.15, 0.2) is 11.5 Å². The number of carbonyl (C=O) groups is 2. The Morgan fingerprint density at radius 3 is 1.96 bits per heavy atom. The lowest BCUT2D eigenvalue weighted by molar-refractivity contribution is 0.0247. The van der Waals surface area contributed by atoms with Crippen LogP contribution in [0, 0.1) is 5.92 Å². The fraction of sp³-hybridized carbons (Fsp3) is 0.556. The van der Waals surface area contributed by atoms with E-state index < -0.39 is 6.17 Å². The Labute approximate surface area is 158 Å². The summed E-state index contributed by atoms with van der Waals surface area (Å²) < 4.78 is 16.3. The van der Waals surface area contributed by atoms with Crippen LogP contribution >= 0.6 is 0 Å². The van der Waals surface area contributed by atoms with Gasteiger partial charge in [-0.25, -0.2) is 9.59 Å². The van der Waals surface area contributed by atoms with E-state index >= 15 is 0 Å². The molecule has 0 radical (unpaired) electrons. The number of hydrogen-bond donors (Lipinski definition) is 2. The van der Waals surface area contributed by atoms with Crippen LogP contribution in [0.1, 0.15) is 18.5 Å². The summed E-state index contributed by atoms with van der Waals surface area (Å²) in [6, 6.07) is 2.80. The minimum absolute atomic E-state index is 0.0850. The van der Waals surface area contributed by atoms with Crippen molar-refractivity contribution in [3.05, 3.63) is 17.7 Å². The molecule has 0 spiro atoms. The minimum atomic E-state index is -0.415. The van der Waals surface area contributed by atoms with Crippen LogP contribution in [0.15, 0.2) is 12.1 Å². The van der Waals surface area contributed by atoms with Gasteiger partial charge in [0.25, 0.3) is 0 Å². The monoisotopic (exact) mass is 378 g/mol. The highest BCUT2D eigenvalue weighted by Gasteiger charge is 2.49. The molecule has 9 nitrogen and oxygen atoms in total. The normalized spacial score (nSPS) is 27.5. The molecule has 0 unspecified atom stereocenters. The van der Waals surface area contributed by atoms with Crippen molar-refractivity contribution in [1.29, 1.82) is 0 Å². The first kappa shape index (κ1) is 18.9. The maximum absolute atomic E-state index is 12.6. The van der Waals surface area contributed by atoms with E-state index in [0.29, 0.717) is 17.2 Å². The Balaban J connectivity index is 2.12. The summed E-state index contributed by atoms with van der Waals surface area (Å²) in [7, 11) is 8.07. The number of fused-ring (bicyclic) bond motifs is 1. The Morgan fingerprint density at radius 1 is 0.889 bits per heavy atom. The van der Waals surface area contributed by atoms with Crippen LogP contribution in [0.5, 0.6) is 17.2 Å². The van der Waals surface area contributed by atoms with Crippen molar-refractivity contribution >= 4 is 12.1 Å². The molecule has 148 valence electrons. The second kappa shape index (κ2) is 7.05. The molecule has 1 aromatic rings. The second-order valence-electron chi connectivity index (χ2n) is 6.84. The van der Waals surface area contributed by atoms with Crippen LogP contribution in [0.3, 0.4) is 0 Å². The van der Waals surface area contributed by atoms with E-state index in [1.165, 1.54) is 4.90 Å². The molecule has 0 bridgehead atoms. The summed E-state index contributed by atoms with van der Waals surface area (Å²) in [5, 5.41) is 5.89. The van der Waals surface area contributed by atoms with Gasteiger partial charge >= 0.3 is 12.1 Å². The summed E-state index contributed by atoms with van der Waals surface area (Å²) in [6.45, 7) is 1.94. The van der Waals surface area contributed by atoms with Crippen LogP contribution in [0.2, 0.25) is 0 Å². The number of amides is 4. The molecule has 2 aliphatic rings. The molecule has 4 amide bonds. The van der Waals surface area contributed by atoms with Crippen LogP contribution < -0.4 is 24.8 Å². The smallest absolute Gasteiger partial charge is 0.319 e. The lowest BCUT2D eigenvalue weighted by Gasteiger charge is -2.52. The lowest BCUT2D eigenvalue weighted by atomic mass is 9.81. The Kier molecular flexibility index (Phi) is 4.95. The minimum Gasteiger partial charge on any atom is -0.493 e. The maximum Gasteiger partial charge on any atom is 0.319 e. The average molecular weight is 378 g/mol. The number of rotatable bonds is 4. The summed E-state index contributed by atoms with van der Waals surface area (Å²) >= 11 is 0. The van der Waals surface area contributed by atoms with Crippen molar-refractivity contribution in [3.63, 3.8) is 0 Å². The molecule has 1 aromatic carbocycles. The molecule has 2 N–H and O–H groups in total. The van der Waals surface area contributed by atoms with Gasteiger partial charge in [-0.3, -0.25) is 0 Å². The number of hydrogen-bond acceptors (Lipinski definition) is 5. The number of nitrogens with one attached hydrogen (secondary N) is 2. The van der Waals surface area contributed by atoms with E-state index in [2.05, 4.69) is 10.6 Å². The van der Waals surface area contributed by atoms with E-state index in [0.717, 1.165) is 5.56 Å². The first-order chi connectivity index (χ1) is 12.8. The number of carbonyl (C=O) groups excluding carboxylic acids is 2. The van der Waals surface area contributed by atoms with Gasteiger partial charge in [0.2, 0.25) is 5.75 Å². The number of methoxy groups -OCH3 is 3. The zero-order chi connectivity index (χ0) is 19.9. The van der Waals surface area contributed by atoms with E-state index in [4.69, 9.17) is 14.2 Å². The van der Waals surface area contributed by atoms with Gasteiger partial charge in [-0.2, -0.15) is 0 Å². The van der Waals surface area contributed by atoms with Gasteiger partial charge in [0, 0.05) is 26.1 Å². The number of urea groups is 2. The molecule has 0 aromatic heterocycles. The standard InChI is InChI=1S/C18H26N4O5/c1-9-13-14(10-7-11(25-4)15(27-6)12(8-10)26-5)21(2)18(24)20-16(13)22(3)17(23)19-9/h7-9,13-14,16H,1-6H3,(H,19,23)(H,20,24)/t9-,13+,14-,16-/m1/s1. The van der Waals surface area contributed by atoms with Crippen molar-refractivity contribution in [3.8, 4) is 17.2 Å². The summed E-state index contributed by atoms with van der Waals surface area (Å²) in [5.41, 5.74) is 0.841. The number of ether oxygens (including phenoxy) is 3. The van der Waals surface area contributed by atoms with Gasteiger partial charge in [0.1, 0.15) is 6.17 Å². The predicted octanol–water partition coefficient (Wildman–Crippen LogP) is 1.39.